The Labute approximate surface area is 170 Å². The predicted octanol–water partition coefficient (Wildman–Crippen LogP) is 2.06. The van der Waals surface area contributed by atoms with E-state index < -0.39 is 60.4 Å². The van der Waals surface area contributed by atoms with Gasteiger partial charge in [-0.1, -0.05) is 0 Å². The summed E-state index contributed by atoms with van der Waals surface area (Å²) in [5.41, 5.74) is -0.527. The first-order chi connectivity index (χ1) is 14.3. The maximum absolute atomic E-state index is 12.4. The van der Waals surface area contributed by atoms with E-state index in [9.17, 15) is 40.7 Å². The van der Waals surface area contributed by atoms with Gasteiger partial charge >= 0.3 is 18.3 Å². The lowest BCUT2D eigenvalue weighted by Crippen LogP contribution is -2.34. The van der Waals surface area contributed by atoms with Crippen molar-refractivity contribution in [3.05, 3.63) is 35.9 Å². The zero-order chi connectivity index (χ0) is 23.7. The lowest BCUT2D eigenvalue weighted by Gasteiger charge is -2.15. The highest BCUT2D eigenvalue weighted by atomic mass is 19.4. The van der Waals surface area contributed by atoms with Crippen molar-refractivity contribution in [1.82, 2.24) is 10.6 Å². The SMILES string of the molecule is O=C(O)/C=C/C(=O)NCCNC(=O)c1cc(OCC(F)(F)F)ccc1OCC(F)(F)F. The van der Waals surface area contributed by atoms with Crippen LogP contribution in [-0.2, 0) is 9.59 Å². The molecule has 0 aromatic heterocycles. The minimum absolute atomic E-state index is 0.183. The number of carbonyl (C=O) groups is 3. The zero-order valence-electron chi connectivity index (χ0n) is 15.5. The van der Waals surface area contributed by atoms with Gasteiger partial charge in [-0.25, -0.2) is 4.79 Å². The second kappa shape index (κ2) is 11.1. The van der Waals surface area contributed by atoms with E-state index in [4.69, 9.17) is 5.11 Å². The number of carboxylic acid groups (broad SMARTS) is 1. The van der Waals surface area contributed by atoms with Crippen molar-refractivity contribution in [2.24, 2.45) is 0 Å². The van der Waals surface area contributed by atoms with Crippen molar-refractivity contribution >= 4 is 17.8 Å². The molecular weight excluding hydrogens is 442 g/mol. The molecule has 0 aliphatic carbocycles. The Morgan fingerprint density at radius 3 is 2.06 bits per heavy atom. The highest BCUT2D eigenvalue weighted by molar-refractivity contribution is 5.97. The highest BCUT2D eigenvalue weighted by Gasteiger charge is 2.30. The topological polar surface area (TPSA) is 114 Å². The van der Waals surface area contributed by atoms with Crippen molar-refractivity contribution in [3.63, 3.8) is 0 Å². The van der Waals surface area contributed by atoms with Crippen LogP contribution in [0.3, 0.4) is 0 Å². The Morgan fingerprint density at radius 2 is 1.48 bits per heavy atom. The first-order valence-electron chi connectivity index (χ1n) is 8.27. The van der Waals surface area contributed by atoms with Gasteiger partial charge in [0, 0.05) is 25.2 Å². The van der Waals surface area contributed by atoms with Gasteiger partial charge in [-0.15, -0.1) is 0 Å². The third-order valence-corrected chi connectivity index (χ3v) is 3.08. The van der Waals surface area contributed by atoms with Crippen molar-refractivity contribution in [2.45, 2.75) is 12.4 Å². The van der Waals surface area contributed by atoms with E-state index in [0.717, 1.165) is 18.2 Å². The summed E-state index contributed by atoms with van der Waals surface area (Å²) in [5.74, 6) is -4.14. The maximum atomic E-state index is 12.4. The molecule has 31 heavy (non-hydrogen) atoms. The highest BCUT2D eigenvalue weighted by Crippen LogP contribution is 2.27. The molecule has 172 valence electrons. The number of benzene rings is 1. The molecule has 0 bridgehead atoms. The van der Waals surface area contributed by atoms with E-state index in [1.807, 2.05) is 0 Å². The Bertz CT molecular complexity index is 822. The molecule has 0 atom stereocenters. The minimum atomic E-state index is -4.73. The summed E-state index contributed by atoms with van der Waals surface area (Å²) in [7, 11) is 0. The van der Waals surface area contributed by atoms with Gasteiger partial charge in [0.15, 0.2) is 13.2 Å². The molecule has 2 amide bonds. The van der Waals surface area contributed by atoms with Gasteiger partial charge in [-0.3, -0.25) is 9.59 Å². The predicted molar refractivity (Wildman–Crippen MR) is 91.7 cm³/mol. The van der Waals surface area contributed by atoms with E-state index in [-0.39, 0.29) is 13.1 Å². The largest absolute Gasteiger partial charge is 0.484 e. The Balaban J connectivity index is 2.81. The van der Waals surface area contributed by atoms with E-state index in [2.05, 4.69) is 20.1 Å². The standard InChI is InChI=1S/C17H16F6N2O6/c18-16(19,20)8-30-10-1-2-12(31-9-17(21,22)23)11(7-10)15(29)25-6-5-24-13(26)3-4-14(27)28/h1-4,7H,5-6,8-9H2,(H,24,26)(H,25,29)(H,27,28)/b4-3+. The number of carboxylic acids is 1. The second-order valence-corrected chi connectivity index (χ2v) is 5.68. The molecule has 0 spiro atoms. The van der Waals surface area contributed by atoms with Gasteiger partial charge in [0.25, 0.3) is 5.91 Å². The van der Waals surface area contributed by atoms with Crippen molar-refractivity contribution < 1.29 is 55.3 Å². The average molecular weight is 458 g/mol. The van der Waals surface area contributed by atoms with Gasteiger partial charge in [-0.05, 0) is 18.2 Å². The van der Waals surface area contributed by atoms with Crippen LogP contribution in [0.15, 0.2) is 30.4 Å². The van der Waals surface area contributed by atoms with E-state index in [1.165, 1.54) is 0 Å². The molecule has 0 radical (unpaired) electrons. The summed E-state index contributed by atoms with van der Waals surface area (Å²) in [6.07, 6.45) is -8.12. The van der Waals surface area contributed by atoms with Gasteiger partial charge in [0.05, 0.1) is 5.56 Å². The number of aliphatic carboxylic acids is 1. The molecule has 1 aromatic rings. The molecule has 0 saturated heterocycles. The van der Waals surface area contributed by atoms with Crippen LogP contribution in [0, 0.1) is 0 Å². The first kappa shape index (κ1) is 25.6. The second-order valence-electron chi connectivity index (χ2n) is 5.68. The average Bonchev–Trinajstić information content (AvgIpc) is 2.65. The number of hydrogen-bond donors (Lipinski definition) is 3. The van der Waals surface area contributed by atoms with E-state index >= 15 is 0 Å². The summed E-state index contributed by atoms with van der Waals surface area (Å²) in [4.78, 5) is 33.8. The van der Waals surface area contributed by atoms with Crippen molar-refractivity contribution in [1.29, 1.82) is 0 Å². The molecule has 0 saturated carbocycles. The van der Waals surface area contributed by atoms with Crippen molar-refractivity contribution in [3.8, 4) is 11.5 Å². The van der Waals surface area contributed by atoms with Gasteiger partial charge < -0.3 is 25.2 Å². The van der Waals surface area contributed by atoms with Crippen LogP contribution in [0.4, 0.5) is 26.3 Å². The number of halogens is 6. The normalized spacial score (nSPS) is 11.8. The third kappa shape index (κ3) is 11.3. The molecule has 8 nitrogen and oxygen atoms in total. The first-order valence-corrected chi connectivity index (χ1v) is 8.27. The number of nitrogens with one attached hydrogen (secondary N) is 2. The molecule has 0 unspecified atom stereocenters. The molecule has 0 fully saturated rings. The van der Waals surface area contributed by atoms with Gasteiger partial charge in [0.1, 0.15) is 11.5 Å². The molecular formula is C17H16F6N2O6. The molecule has 0 aliphatic heterocycles. The van der Waals surface area contributed by atoms with Gasteiger partial charge in [-0.2, -0.15) is 26.3 Å². The van der Waals surface area contributed by atoms with Crippen LogP contribution in [-0.4, -0.2) is 61.5 Å². The Hall–Kier alpha value is -3.45. The fourth-order valence-electron chi connectivity index (χ4n) is 1.89. The molecule has 1 aromatic carbocycles. The van der Waals surface area contributed by atoms with Gasteiger partial charge in [0.2, 0.25) is 5.91 Å². The summed E-state index contributed by atoms with van der Waals surface area (Å²) >= 11 is 0. The van der Waals surface area contributed by atoms with Crippen LogP contribution in [0.5, 0.6) is 11.5 Å². The lowest BCUT2D eigenvalue weighted by atomic mass is 10.1. The number of rotatable bonds is 10. The summed E-state index contributed by atoms with van der Waals surface area (Å²) in [6, 6.07) is 2.54. The van der Waals surface area contributed by atoms with Crippen LogP contribution < -0.4 is 20.1 Å². The van der Waals surface area contributed by atoms with Crippen molar-refractivity contribution in [2.75, 3.05) is 26.3 Å². The molecule has 0 aliphatic rings. The minimum Gasteiger partial charge on any atom is -0.484 e. The van der Waals surface area contributed by atoms with E-state index in [1.54, 1.807) is 0 Å². The Kier molecular flexibility index (Phi) is 9.15. The summed E-state index contributed by atoms with van der Waals surface area (Å²) < 4.78 is 83.0. The summed E-state index contributed by atoms with van der Waals surface area (Å²) in [6.45, 7) is -3.86. The molecule has 1 rings (SSSR count). The number of carbonyl (C=O) groups excluding carboxylic acids is 2. The van der Waals surface area contributed by atoms with Crippen LogP contribution in [0.25, 0.3) is 0 Å². The number of alkyl halides is 6. The smallest absolute Gasteiger partial charge is 0.422 e. The quantitative estimate of drug-likeness (QED) is 0.281. The van der Waals surface area contributed by atoms with E-state index in [0.29, 0.717) is 12.2 Å². The third-order valence-electron chi connectivity index (χ3n) is 3.08. The monoisotopic (exact) mass is 458 g/mol. The Morgan fingerprint density at radius 1 is 0.903 bits per heavy atom. The van der Waals surface area contributed by atoms with Crippen LogP contribution in [0.1, 0.15) is 10.4 Å². The number of ether oxygens (including phenoxy) is 2. The maximum Gasteiger partial charge on any atom is 0.422 e. The lowest BCUT2D eigenvalue weighted by molar-refractivity contribution is -0.154. The molecule has 0 heterocycles. The van der Waals surface area contributed by atoms with Crippen LogP contribution >= 0.6 is 0 Å². The zero-order valence-corrected chi connectivity index (χ0v) is 15.5. The summed E-state index contributed by atoms with van der Waals surface area (Å²) in [5, 5.41) is 12.8. The van der Waals surface area contributed by atoms with Crippen LogP contribution in [0.2, 0.25) is 0 Å². The number of hydrogen-bond acceptors (Lipinski definition) is 5. The fourth-order valence-corrected chi connectivity index (χ4v) is 1.89. The fraction of sp³-hybridized carbons (Fsp3) is 0.353. The molecule has 3 N–H and O–H groups in total. The number of amides is 2. The molecule has 14 heteroatoms.